The molecule has 2 aromatic carbocycles. The second-order valence-electron chi connectivity index (χ2n) is 15.7. The molecule has 0 aliphatic carbocycles. The Labute approximate surface area is 324 Å². The lowest BCUT2D eigenvalue weighted by molar-refractivity contribution is -0.158. The quantitative estimate of drug-likeness (QED) is 0.147. The molecule has 1 saturated heterocycles. The fourth-order valence-electron chi connectivity index (χ4n) is 6.41. The number of rotatable bonds is 13. The summed E-state index contributed by atoms with van der Waals surface area (Å²) in [4.78, 5) is 54.7. The van der Waals surface area contributed by atoms with Gasteiger partial charge in [0.25, 0.3) is 14.2 Å². The zero-order valence-corrected chi connectivity index (χ0v) is 34.9. The summed E-state index contributed by atoms with van der Waals surface area (Å²) >= 11 is 17.4. The van der Waals surface area contributed by atoms with Crippen LogP contribution in [0.2, 0.25) is 5.04 Å². The number of halogens is 3. The molecule has 1 fully saturated rings. The lowest BCUT2D eigenvalue weighted by Gasteiger charge is -2.46. The van der Waals surface area contributed by atoms with Crippen LogP contribution in [0.4, 0.5) is 0 Å². The number of nitrogens with one attached hydrogen (secondary N) is 2. The minimum atomic E-state index is -3.21. The first-order valence-corrected chi connectivity index (χ1v) is 20.7. The first-order chi connectivity index (χ1) is 24.1. The van der Waals surface area contributed by atoms with Crippen LogP contribution in [0.3, 0.4) is 0 Å². The number of benzene rings is 2. The Morgan fingerprint density at radius 1 is 0.904 bits per heavy atom. The van der Waals surface area contributed by atoms with E-state index in [1.54, 1.807) is 27.7 Å². The summed E-state index contributed by atoms with van der Waals surface area (Å²) in [6.45, 7) is 16.9. The second-order valence-corrected chi connectivity index (χ2v) is 22.4. The van der Waals surface area contributed by atoms with Crippen LogP contribution >= 0.6 is 34.8 Å². The number of nitrogens with zero attached hydrogens (tertiary/aromatic N) is 1. The predicted molar refractivity (Wildman–Crippen MR) is 208 cm³/mol. The van der Waals surface area contributed by atoms with Gasteiger partial charge in [-0.25, -0.2) is 5.43 Å². The lowest BCUT2D eigenvalue weighted by atomic mass is 9.91. The van der Waals surface area contributed by atoms with E-state index in [1.165, 1.54) is 5.01 Å². The van der Waals surface area contributed by atoms with Gasteiger partial charge in [0, 0.05) is 6.54 Å². The Hall–Kier alpha value is -2.67. The molecule has 288 valence electrons. The third-order valence-electron chi connectivity index (χ3n) is 8.88. The molecule has 14 heteroatoms. The van der Waals surface area contributed by atoms with Crippen molar-refractivity contribution in [3.8, 4) is 0 Å². The summed E-state index contributed by atoms with van der Waals surface area (Å²) in [5, 5.41) is 5.86. The largest absolute Gasteiger partial charge is 0.460 e. The van der Waals surface area contributed by atoms with Crippen LogP contribution in [0, 0.1) is 11.8 Å². The minimum Gasteiger partial charge on any atom is -0.460 e. The topological polar surface area (TPSA) is 123 Å². The summed E-state index contributed by atoms with van der Waals surface area (Å²) in [6.07, 6.45) is -0.219. The predicted octanol–water partition coefficient (Wildman–Crippen LogP) is 5.85. The van der Waals surface area contributed by atoms with Gasteiger partial charge in [0.15, 0.2) is 0 Å². The zero-order chi connectivity index (χ0) is 39.1. The second kappa shape index (κ2) is 18.1. The normalized spacial score (nSPS) is 17.6. The van der Waals surface area contributed by atoms with Crippen molar-refractivity contribution < 1.29 is 33.1 Å². The third-order valence-corrected chi connectivity index (χ3v) is 14.3. The highest BCUT2D eigenvalue weighted by atomic mass is 35.6. The number of carbonyl (C=O) groups excluding carboxylic acids is 4. The number of carbonyl (C=O) groups is 4. The van der Waals surface area contributed by atoms with Gasteiger partial charge in [0.2, 0.25) is 9.70 Å². The van der Waals surface area contributed by atoms with Crippen LogP contribution in [0.25, 0.3) is 0 Å². The van der Waals surface area contributed by atoms with Crippen LogP contribution in [-0.2, 0) is 33.1 Å². The molecule has 0 bridgehead atoms. The van der Waals surface area contributed by atoms with Crippen molar-refractivity contribution in [3.63, 3.8) is 0 Å². The molecule has 52 heavy (non-hydrogen) atoms. The highest BCUT2D eigenvalue weighted by Crippen LogP contribution is 2.38. The van der Waals surface area contributed by atoms with Gasteiger partial charge in [-0.05, 0) is 61.9 Å². The van der Waals surface area contributed by atoms with E-state index >= 15 is 0 Å². The first kappa shape index (κ1) is 43.7. The van der Waals surface area contributed by atoms with Crippen molar-refractivity contribution in [1.29, 1.82) is 0 Å². The van der Waals surface area contributed by atoms with E-state index in [4.69, 9.17) is 48.7 Å². The minimum absolute atomic E-state index is 0.176. The van der Waals surface area contributed by atoms with Gasteiger partial charge in [-0.15, -0.1) is 0 Å². The van der Waals surface area contributed by atoms with E-state index in [1.807, 2.05) is 74.5 Å². The van der Waals surface area contributed by atoms with Crippen molar-refractivity contribution in [2.75, 3.05) is 13.2 Å². The molecule has 1 heterocycles. The van der Waals surface area contributed by atoms with Gasteiger partial charge >= 0.3 is 11.9 Å². The molecule has 0 aromatic heterocycles. The van der Waals surface area contributed by atoms with E-state index < -0.39 is 77.2 Å². The maximum Gasteiger partial charge on any atom is 0.325 e. The zero-order valence-electron chi connectivity index (χ0n) is 31.6. The van der Waals surface area contributed by atoms with E-state index in [9.17, 15) is 19.2 Å². The molecule has 0 radical (unpaired) electrons. The Morgan fingerprint density at radius 2 is 1.44 bits per heavy atom. The number of hydrogen-bond acceptors (Lipinski definition) is 8. The Kier molecular flexibility index (Phi) is 15.2. The molecule has 0 saturated carbocycles. The Morgan fingerprint density at radius 3 is 1.90 bits per heavy atom. The van der Waals surface area contributed by atoms with Crippen molar-refractivity contribution in [2.45, 2.75) is 114 Å². The van der Waals surface area contributed by atoms with E-state index in [2.05, 4.69) is 31.5 Å². The molecule has 4 atom stereocenters. The summed E-state index contributed by atoms with van der Waals surface area (Å²) in [5.41, 5.74) is 2.24. The van der Waals surface area contributed by atoms with E-state index in [0.717, 1.165) is 10.4 Å². The molecule has 1 aliphatic heterocycles. The van der Waals surface area contributed by atoms with Crippen molar-refractivity contribution in [3.05, 3.63) is 60.7 Å². The van der Waals surface area contributed by atoms with Crippen LogP contribution < -0.4 is 21.1 Å². The molecule has 2 amide bonds. The molecule has 10 nitrogen and oxygen atoms in total. The highest BCUT2D eigenvalue weighted by Gasteiger charge is 2.52. The number of esters is 2. The van der Waals surface area contributed by atoms with E-state index in [-0.39, 0.29) is 18.9 Å². The molecule has 1 aliphatic rings. The van der Waals surface area contributed by atoms with Gasteiger partial charge in [0.1, 0.15) is 24.3 Å². The number of alkyl halides is 3. The number of amides is 2. The fourth-order valence-corrected chi connectivity index (χ4v) is 11.3. The van der Waals surface area contributed by atoms with Crippen LogP contribution in [0.1, 0.15) is 81.6 Å². The van der Waals surface area contributed by atoms with Gasteiger partial charge in [-0.3, -0.25) is 24.2 Å². The Balaban J connectivity index is 2.07. The maximum atomic E-state index is 14.6. The SMILES string of the molecule is CC(C)[C@H](CC(=O)OC(C)(C)C)C(=O)N[C@H](C(=O)N1CCC[C@@H](C(=O)OCC(Cl)(Cl)Cl)N1)[C@@H](C)O[Si](c1ccccc1)(c1ccccc1)C(C)(C)C. The fraction of sp³-hybridized carbons (Fsp3) is 0.579. The van der Waals surface area contributed by atoms with Crippen LogP contribution in [-0.4, -0.2) is 77.8 Å². The molecule has 0 unspecified atom stereocenters. The van der Waals surface area contributed by atoms with Gasteiger partial charge in [-0.1, -0.05) is 130 Å². The third kappa shape index (κ3) is 11.9. The van der Waals surface area contributed by atoms with E-state index in [0.29, 0.717) is 12.8 Å². The summed E-state index contributed by atoms with van der Waals surface area (Å²) < 4.78 is 16.3. The first-order valence-electron chi connectivity index (χ1n) is 17.7. The van der Waals surface area contributed by atoms with Gasteiger partial charge in [0.05, 0.1) is 18.4 Å². The molecule has 0 spiro atoms. The molecular weight excluding hydrogens is 745 g/mol. The summed E-state index contributed by atoms with van der Waals surface area (Å²) in [6, 6.07) is 17.8. The highest BCUT2D eigenvalue weighted by molar-refractivity contribution is 6.99. The summed E-state index contributed by atoms with van der Waals surface area (Å²) in [7, 11) is -3.21. The van der Waals surface area contributed by atoms with Crippen molar-refractivity contribution in [1.82, 2.24) is 15.8 Å². The lowest BCUT2D eigenvalue weighted by Crippen LogP contribution is -2.70. The van der Waals surface area contributed by atoms with Gasteiger partial charge in [-0.2, -0.15) is 0 Å². The maximum absolute atomic E-state index is 14.6. The number of ether oxygens (including phenoxy) is 2. The van der Waals surface area contributed by atoms with Crippen molar-refractivity contribution >= 4 is 77.2 Å². The van der Waals surface area contributed by atoms with Crippen LogP contribution in [0.15, 0.2) is 60.7 Å². The molecule has 2 N–H and O–H groups in total. The number of hydrazine groups is 1. The number of hydrogen-bond donors (Lipinski definition) is 2. The average molecular weight is 799 g/mol. The van der Waals surface area contributed by atoms with Crippen LogP contribution in [0.5, 0.6) is 0 Å². The Bertz CT molecular complexity index is 1470. The standard InChI is InChI=1S/C38H54Cl3N3O7Si/c1-25(2)29(23-31(45)50-36(4,5)6)33(46)42-32(34(47)44-22-16-21-30(43-44)35(48)49-24-38(39,40)41)26(3)51-52(37(7,8)9,27-17-12-10-13-18-27)28-19-14-11-15-20-28/h10-15,17-20,25-26,29-30,32,43H,16,21-24H2,1-9H3,(H,42,46)/t26-,29+,30+,32+/m1/s1. The smallest absolute Gasteiger partial charge is 0.325 e. The van der Waals surface area contributed by atoms with Crippen molar-refractivity contribution in [2.24, 2.45) is 11.8 Å². The molecule has 2 aromatic rings. The monoisotopic (exact) mass is 797 g/mol. The molecular formula is C38H54Cl3N3O7Si. The summed E-state index contributed by atoms with van der Waals surface area (Å²) in [5.74, 6) is -3.27. The molecule has 3 rings (SSSR count). The van der Waals surface area contributed by atoms with Gasteiger partial charge < -0.3 is 19.2 Å². The average Bonchev–Trinajstić information content (AvgIpc) is 3.06.